The van der Waals surface area contributed by atoms with E-state index >= 15 is 0 Å². The van der Waals surface area contributed by atoms with Gasteiger partial charge in [0.15, 0.2) is 0 Å². The fraction of sp³-hybridized carbons (Fsp3) is 0. The molecule has 1 aromatic carbocycles. The summed E-state index contributed by atoms with van der Waals surface area (Å²) < 4.78 is 0.825. The quantitative estimate of drug-likeness (QED) is 0.876. The van der Waals surface area contributed by atoms with Crippen LogP contribution in [0.25, 0.3) is 0 Å². The van der Waals surface area contributed by atoms with Crippen LogP contribution in [0.2, 0.25) is 10.0 Å². The third kappa shape index (κ3) is 3.22. The Morgan fingerprint density at radius 3 is 2.67 bits per heavy atom. The van der Waals surface area contributed by atoms with Crippen LogP contribution in [0.15, 0.2) is 41.0 Å². The molecule has 1 amide bonds. The summed E-state index contributed by atoms with van der Waals surface area (Å²) in [5, 5.41) is 3.62. The molecule has 2 aromatic rings. The van der Waals surface area contributed by atoms with E-state index in [0.29, 0.717) is 15.7 Å². The lowest BCUT2D eigenvalue weighted by Crippen LogP contribution is -2.13. The van der Waals surface area contributed by atoms with Crippen molar-refractivity contribution < 1.29 is 4.79 Å². The number of halogens is 3. The first kappa shape index (κ1) is 13.3. The maximum absolute atomic E-state index is 11.9. The zero-order chi connectivity index (χ0) is 13.1. The molecule has 1 N–H and O–H groups in total. The Morgan fingerprint density at radius 1 is 1.22 bits per heavy atom. The van der Waals surface area contributed by atoms with Crippen LogP contribution >= 0.6 is 39.1 Å². The summed E-state index contributed by atoms with van der Waals surface area (Å²) >= 11 is 15.0. The highest BCUT2D eigenvalue weighted by molar-refractivity contribution is 9.10. The molecule has 0 aliphatic carbocycles. The number of carbonyl (C=O) groups is 1. The van der Waals surface area contributed by atoms with E-state index in [1.165, 1.54) is 6.20 Å². The molecule has 0 unspecified atom stereocenters. The van der Waals surface area contributed by atoms with Crippen molar-refractivity contribution in [2.45, 2.75) is 0 Å². The lowest BCUT2D eigenvalue weighted by molar-refractivity contribution is 0.102. The van der Waals surface area contributed by atoms with Crippen molar-refractivity contribution in [3.8, 4) is 0 Å². The number of hydrogen-bond donors (Lipinski definition) is 1. The van der Waals surface area contributed by atoms with Gasteiger partial charge in [0.1, 0.15) is 5.69 Å². The first-order chi connectivity index (χ1) is 8.56. The molecule has 92 valence electrons. The van der Waals surface area contributed by atoms with Crippen molar-refractivity contribution in [1.29, 1.82) is 0 Å². The van der Waals surface area contributed by atoms with Gasteiger partial charge in [-0.15, -0.1) is 0 Å². The van der Waals surface area contributed by atoms with Gasteiger partial charge in [-0.3, -0.25) is 4.79 Å². The maximum Gasteiger partial charge on any atom is 0.274 e. The highest BCUT2D eigenvalue weighted by atomic mass is 79.9. The van der Waals surface area contributed by atoms with Crippen LogP contribution in [-0.4, -0.2) is 10.9 Å². The van der Waals surface area contributed by atoms with Crippen LogP contribution in [-0.2, 0) is 0 Å². The van der Waals surface area contributed by atoms with Crippen LogP contribution in [0.4, 0.5) is 5.69 Å². The molecule has 0 fully saturated rings. The lowest BCUT2D eigenvalue weighted by atomic mass is 10.3. The number of pyridine rings is 1. The molecule has 0 atom stereocenters. The molecule has 0 aliphatic rings. The smallest absolute Gasteiger partial charge is 0.274 e. The first-order valence-electron chi connectivity index (χ1n) is 4.94. The van der Waals surface area contributed by atoms with Crippen molar-refractivity contribution in [3.05, 3.63) is 56.7 Å². The van der Waals surface area contributed by atoms with Crippen LogP contribution in [0.3, 0.4) is 0 Å². The zero-order valence-corrected chi connectivity index (χ0v) is 12.1. The predicted molar refractivity (Wildman–Crippen MR) is 76.4 cm³/mol. The van der Waals surface area contributed by atoms with Gasteiger partial charge in [0.2, 0.25) is 0 Å². The normalized spacial score (nSPS) is 10.2. The molecule has 1 heterocycles. The second-order valence-electron chi connectivity index (χ2n) is 3.44. The van der Waals surface area contributed by atoms with Crippen molar-refractivity contribution in [3.63, 3.8) is 0 Å². The van der Waals surface area contributed by atoms with Gasteiger partial charge in [0.25, 0.3) is 5.91 Å². The minimum Gasteiger partial charge on any atom is -0.319 e. The lowest BCUT2D eigenvalue weighted by Gasteiger charge is -2.07. The molecule has 6 heteroatoms. The van der Waals surface area contributed by atoms with Crippen molar-refractivity contribution in [2.75, 3.05) is 5.32 Å². The molecular formula is C12H7BrCl2N2O. The Bertz CT molecular complexity index is 587. The molecule has 0 saturated heterocycles. The average Bonchev–Trinajstić information content (AvgIpc) is 2.34. The summed E-state index contributed by atoms with van der Waals surface area (Å²) in [6.45, 7) is 0. The monoisotopic (exact) mass is 344 g/mol. The second kappa shape index (κ2) is 5.69. The number of nitrogens with one attached hydrogen (secondary N) is 1. The maximum atomic E-state index is 11.9. The van der Waals surface area contributed by atoms with Gasteiger partial charge >= 0.3 is 0 Å². The van der Waals surface area contributed by atoms with Gasteiger partial charge in [-0.1, -0.05) is 39.1 Å². The Balaban J connectivity index is 2.21. The Hall–Kier alpha value is -1.10. The number of carbonyl (C=O) groups excluding carboxylic acids is 1. The summed E-state index contributed by atoms with van der Waals surface area (Å²) in [6.07, 6.45) is 1.42. The van der Waals surface area contributed by atoms with Crippen LogP contribution in [0, 0.1) is 0 Å². The largest absolute Gasteiger partial charge is 0.319 e. The van der Waals surface area contributed by atoms with Gasteiger partial charge in [-0.2, -0.15) is 0 Å². The third-order valence-corrected chi connectivity index (χ3v) is 3.18. The number of benzene rings is 1. The Morgan fingerprint density at radius 2 is 2.00 bits per heavy atom. The summed E-state index contributed by atoms with van der Waals surface area (Å²) in [7, 11) is 0. The van der Waals surface area contributed by atoms with Crippen molar-refractivity contribution >= 4 is 50.7 Å². The van der Waals surface area contributed by atoms with Gasteiger partial charge in [-0.25, -0.2) is 4.98 Å². The molecule has 0 saturated carbocycles. The van der Waals surface area contributed by atoms with Crippen LogP contribution in [0.5, 0.6) is 0 Å². The van der Waals surface area contributed by atoms with E-state index in [4.69, 9.17) is 23.2 Å². The van der Waals surface area contributed by atoms with E-state index in [1.54, 1.807) is 30.3 Å². The average molecular weight is 346 g/mol. The third-order valence-electron chi connectivity index (χ3n) is 2.14. The van der Waals surface area contributed by atoms with Gasteiger partial charge in [0, 0.05) is 10.7 Å². The van der Waals surface area contributed by atoms with E-state index in [0.717, 1.165) is 4.47 Å². The SMILES string of the molecule is O=C(Nc1cc(Br)ccc1Cl)c1ccc(Cl)cn1. The van der Waals surface area contributed by atoms with Gasteiger partial charge in [-0.05, 0) is 30.3 Å². The highest BCUT2D eigenvalue weighted by Gasteiger charge is 2.09. The number of anilines is 1. The number of nitrogens with zero attached hydrogens (tertiary/aromatic N) is 1. The van der Waals surface area contributed by atoms with Crippen molar-refractivity contribution in [2.24, 2.45) is 0 Å². The fourth-order valence-electron chi connectivity index (χ4n) is 1.29. The van der Waals surface area contributed by atoms with Gasteiger partial charge < -0.3 is 5.32 Å². The minimum absolute atomic E-state index is 0.274. The van der Waals surface area contributed by atoms with E-state index in [2.05, 4.69) is 26.2 Å². The topological polar surface area (TPSA) is 42.0 Å². The molecular weight excluding hydrogens is 339 g/mol. The molecule has 0 bridgehead atoms. The molecule has 18 heavy (non-hydrogen) atoms. The van der Waals surface area contributed by atoms with E-state index in [-0.39, 0.29) is 11.6 Å². The standard InChI is InChI=1S/C12H7BrCl2N2O/c13-7-1-3-9(15)11(5-7)17-12(18)10-4-2-8(14)6-16-10/h1-6H,(H,17,18). The number of hydrogen-bond acceptors (Lipinski definition) is 2. The van der Waals surface area contributed by atoms with Crippen LogP contribution < -0.4 is 5.32 Å². The molecule has 3 nitrogen and oxygen atoms in total. The van der Waals surface area contributed by atoms with Crippen LogP contribution in [0.1, 0.15) is 10.5 Å². The summed E-state index contributed by atoms with van der Waals surface area (Å²) in [6, 6.07) is 8.35. The second-order valence-corrected chi connectivity index (χ2v) is 5.20. The molecule has 0 aliphatic heterocycles. The predicted octanol–water partition coefficient (Wildman–Crippen LogP) is 4.40. The summed E-state index contributed by atoms with van der Waals surface area (Å²) in [5.74, 6) is -0.341. The first-order valence-corrected chi connectivity index (χ1v) is 6.49. The van der Waals surface area contributed by atoms with Gasteiger partial charge in [0.05, 0.1) is 15.7 Å². The number of amides is 1. The van der Waals surface area contributed by atoms with E-state index in [9.17, 15) is 4.79 Å². The Kier molecular flexibility index (Phi) is 4.22. The van der Waals surface area contributed by atoms with E-state index in [1.807, 2.05) is 0 Å². The molecule has 1 aromatic heterocycles. The number of rotatable bonds is 2. The minimum atomic E-state index is -0.341. The molecule has 0 spiro atoms. The van der Waals surface area contributed by atoms with E-state index < -0.39 is 0 Å². The summed E-state index contributed by atoms with van der Waals surface area (Å²) in [5.41, 5.74) is 0.795. The fourth-order valence-corrected chi connectivity index (χ4v) is 1.93. The number of aromatic nitrogens is 1. The summed E-state index contributed by atoms with van der Waals surface area (Å²) in [4.78, 5) is 15.8. The highest BCUT2D eigenvalue weighted by Crippen LogP contribution is 2.26. The molecule has 0 radical (unpaired) electrons. The Labute approximate surface area is 122 Å². The molecule has 2 rings (SSSR count). The zero-order valence-electron chi connectivity index (χ0n) is 8.95. The van der Waals surface area contributed by atoms with Crippen molar-refractivity contribution in [1.82, 2.24) is 4.98 Å².